The second-order valence-corrected chi connectivity index (χ2v) is 12.1. The smallest absolute Gasteiger partial charge is 0.302 e. The first-order valence-corrected chi connectivity index (χ1v) is 14.8. The van der Waals surface area contributed by atoms with Crippen molar-refractivity contribution in [2.45, 2.75) is 38.2 Å². The lowest BCUT2D eigenvalue weighted by Crippen LogP contribution is -2.65. The second-order valence-electron chi connectivity index (χ2n) is 10.8. The van der Waals surface area contributed by atoms with Gasteiger partial charge in [0.25, 0.3) is 0 Å². The molecule has 11 heteroatoms. The van der Waals surface area contributed by atoms with Gasteiger partial charge >= 0.3 is 12.4 Å². The molecule has 2 aromatic carbocycles. The predicted octanol–water partition coefficient (Wildman–Crippen LogP) is 6.02. The molecule has 2 heterocycles. The van der Waals surface area contributed by atoms with Crippen LogP contribution in [0, 0.1) is 13.8 Å². The van der Waals surface area contributed by atoms with E-state index in [1.165, 1.54) is 0 Å². The Bertz CT molecular complexity index is 1220. The van der Waals surface area contributed by atoms with E-state index in [2.05, 4.69) is 16.3 Å². The number of hydrogen-bond donors (Lipinski definition) is 1. The number of carbonyl (C=O) groups excluding carboxylic acids is 1. The van der Waals surface area contributed by atoms with E-state index < -0.39 is 40.4 Å². The van der Waals surface area contributed by atoms with Gasteiger partial charge in [0, 0.05) is 62.9 Å². The summed E-state index contributed by atoms with van der Waals surface area (Å²) in [6.45, 7) is 8.31. The molecule has 2 aromatic rings. The molecule has 2 fully saturated rings. The van der Waals surface area contributed by atoms with Crippen LogP contribution in [0.4, 0.5) is 26.3 Å². The van der Waals surface area contributed by atoms with Crippen LogP contribution in [-0.4, -0.2) is 78.4 Å². The Kier molecular flexibility index (Phi) is 9.93. The number of benzene rings is 2. The molecule has 0 bridgehead atoms. The van der Waals surface area contributed by atoms with Gasteiger partial charge in [-0.3, -0.25) is 14.6 Å². The molecule has 0 amide bonds. The first-order valence-electron chi connectivity index (χ1n) is 13.6. The van der Waals surface area contributed by atoms with E-state index in [9.17, 15) is 31.1 Å². The van der Waals surface area contributed by atoms with Crippen LogP contribution in [0.25, 0.3) is 0 Å². The number of nitrogens with one attached hydrogen (secondary N) is 1. The van der Waals surface area contributed by atoms with E-state index in [4.69, 9.17) is 0 Å². The maximum atomic E-state index is 14.1. The molecule has 0 unspecified atom stereocenters. The number of ketones is 1. The van der Waals surface area contributed by atoms with Crippen molar-refractivity contribution in [2.75, 3.05) is 57.3 Å². The average Bonchev–Trinajstić information content (AvgIpc) is 2.92. The first-order chi connectivity index (χ1) is 19.3. The summed E-state index contributed by atoms with van der Waals surface area (Å²) in [5, 5.41) is 3.21. The Morgan fingerprint density at radius 2 is 1.49 bits per heavy atom. The van der Waals surface area contributed by atoms with Gasteiger partial charge in [0.05, 0.1) is 16.7 Å². The molecule has 1 atom stereocenters. The van der Waals surface area contributed by atoms with Crippen molar-refractivity contribution in [1.82, 2.24) is 15.1 Å². The van der Waals surface area contributed by atoms with E-state index in [1.54, 1.807) is 0 Å². The van der Waals surface area contributed by atoms with Crippen LogP contribution < -0.4 is 5.32 Å². The van der Waals surface area contributed by atoms with Gasteiger partial charge in [-0.25, -0.2) is 0 Å². The molecular weight excluding hydrogens is 564 g/mol. The minimum atomic E-state index is -5.04. The Labute approximate surface area is 241 Å². The topological polar surface area (TPSA) is 35.6 Å². The third-order valence-corrected chi connectivity index (χ3v) is 8.69. The number of alkyl halides is 6. The number of rotatable bonds is 8. The van der Waals surface area contributed by atoms with Crippen molar-refractivity contribution in [3.8, 4) is 0 Å². The van der Waals surface area contributed by atoms with Crippen LogP contribution >= 0.6 is 11.8 Å². The lowest BCUT2D eigenvalue weighted by Gasteiger charge is -2.43. The molecule has 4 nitrogen and oxygen atoms in total. The molecule has 0 spiro atoms. The summed E-state index contributed by atoms with van der Waals surface area (Å²) in [5.41, 5.74) is -2.22. The molecule has 41 heavy (non-hydrogen) atoms. The van der Waals surface area contributed by atoms with Gasteiger partial charge in [0.1, 0.15) is 0 Å². The number of thioether (sulfide) groups is 1. The fraction of sp³-hybridized carbons (Fsp3) is 0.500. The highest BCUT2D eigenvalue weighted by atomic mass is 32.2. The highest BCUT2D eigenvalue weighted by molar-refractivity contribution is 7.99. The molecule has 2 aliphatic heterocycles. The maximum absolute atomic E-state index is 14.1. The van der Waals surface area contributed by atoms with E-state index >= 15 is 0 Å². The van der Waals surface area contributed by atoms with Gasteiger partial charge in [0.2, 0.25) is 0 Å². The van der Waals surface area contributed by atoms with Crippen molar-refractivity contribution in [3.63, 3.8) is 0 Å². The van der Waals surface area contributed by atoms with Crippen molar-refractivity contribution in [3.05, 3.63) is 81.9 Å². The number of nitrogens with zero attached hydrogens (tertiary/aromatic N) is 2. The predicted molar refractivity (Wildman–Crippen MR) is 150 cm³/mol. The van der Waals surface area contributed by atoms with E-state index in [-0.39, 0.29) is 19.0 Å². The summed E-state index contributed by atoms with van der Waals surface area (Å²) in [6, 6.07) is 6.79. The standard InChI is InChI=1S/C30H35F6N3OS/c1-21-5-6-23(15-22(21)2)19-28(20-39(10-7-37-28)9-4-3-8-38-11-13-41-14-12-38)27(40)24-16-25(29(31,32)33)18-26(17-24)30(34,35)36/h3-6,15-18,37H,7-14,19-20H2,1-2H3/t28-/m1/s1. The fourth-order valence-electron chi connectivity index (χ4n) is 5.33. The molecule has 0 aliphatic carbocycles. The van der Waals surface area contributed by atoms with Gasteiger partial charge < -0.3 is 5.32 Å². The van der Waals surface area contributed by atoms with Gasteiger partial charge in [0.15, 0.2) is 5.78 Å². The Morgan fingerprint density at radius 1 is 0.878 bits per heavy atom. The summed E-state index contributed by atoms with van der Waals surface area (Å²) in [7, 11) is 0. The van der Waals surface area contributed by atoms with Crippen LogP contribution in [0.2, 0.25) is 0 Å². The van der Waals surface area contributed by atoms with Crippen molar-refractivity contribution < 1.29 is 31.1 Å². The molecule has 0 aromatic heterocycles. The highest BCUT2D eigenvalue weighted by Crippen LogP contribution is 2.37. The number of Topliss-reactive ketones (excluding diaryl/α,β-unsaturated/α-hetero) is 1. The zero-order chi connectivity index (χ0) is 29.8. The van der Waals surface area contributed by atoms with Crippen LogP contribution in [0.15, 0.2) is 48.6 Å². The van der Waals surface area contributed by atoms with Gasteiger partial charge in [-0.1, -0.05) is 30.4 Å². The summed E-state index contributed by atoms with van der Waals surface area (Å²) >= 11 is 1.93. The lowest BCUT2D eigenvalue weighted by molar-refractivity contribution is -0.143. The number of aryl methyl sites for hydroxylation is 2. The van der Waals surface area contributed by atoms with Gasteiger partial charge in [-0.15, -0.1) is 0 Å². The average molecular weight is 600 g/mol. The van der Waals surface area contributed by atoms with Crippen molar-refractivity contribution in [2.24, 2.45) is 0 Å². The van der Waals surface area contributed by atoms with E-state index in [0.29, 0.717) is 31.8 Å². The second kappa shape index (κ2) is 12.9. The zero-order valence-electron chi connectivity index (χ0n) is 23.2. The van der Waals surface area contributed by atoms with Gasteiger partial charge in [-0.05, 0) is 55.2 Å². The van der Waals surface area contributed by atoms with Crippen LogP contribution in [-0.2, 0) is 18.8 Å². The third kappa shape index (κ3) is 8.15. The number of halogens is 6. The number of carbonyl (C=O) groups is 1. The molecular formula is C30H35F6N3OS. The molecule has 4 rings (SSSR count). The number of piperazine rings is 1. The van der Waals surface area contributed by atoms with Crippen molar-refractivity contribution in [1.29, 1.82) is 0 Å². The normalized spacial score (nSPS) is 21.5. The van der Waals surface area contributed by atoms with Crippen LogP contribution in [0.1, 0.15) is 38.2 Å². The summed E-state index contributed by atoms with van der Waals surface area (Å²) in [5.74, 6) is 1.41. The minimum absolute atomic E-state index is 0.0548. The summed E-state index contributed by atoms with van der Waals surface area (Å²) < 4.78 is 81.7. The quantitative estimate of drug-likeness (QED) is 0.228. The van der Waals surface area contributed by atoms with Crippen LogP contribution in [0.5, 0.6) is 0 Å². The largest absolute Gasteiger partial charge is 0.416 e. The maximum Gasteiger partial charge on any atom is 0.416 e. The van der Waals surface area contributed by atoms with Crippen molar-refractivity contribution >= 4 is 17.5 Å². The summed E-state index contributed by atoms with van der Waals surface area (Å²) in [4.78, 5) is 18.4. The Balaban J connectivity index is 1.65. The van der Waals surface area contributed by atoms with E-state index in [0.717, 1.165) is 47.8 Å². The summed E-state index contributed by atoms with van der Waals surface area (Å²) in [6.07, 6.45) is -5.86. The van der Waals surface area contributed by atoms with Gasteiger partial charge in [-0.2, -0.15) is 38.1 Å². The molecule has 224 valence electrons. The van der Waals surface area contributed by atoms with Crippen LogP contribution in [0.3, 0.4) is 0 Å². The first kappa shape index (κ1) is 31.6. The SMILES string of the molecule is Cc1ccc(C[C@]2(C(=O)c3cc(C(F)(F)F)cc(C(F)(F)F)c3)CN(CC=CCN3CCSCC3)CCN2)cc1C. The monoisotopic (exact) mass is 599 g/mol. The fourth-order valence-corrected chi connectivity index (χ4v) is 6.31. The molecule has 0 radical (unpaired) electrons. The lowest BCUT2D eigenvalue weighted by atomic mass is 9.80. The number of hydrogen-bond acceptors (Lipinski definition) is 5. The Morgan fingerprint density at radius 3 is 2.07 bits per heavy atom. The minimum Gasteiger partial charge on any atom is -0.302 e. The Hall–Kier alpha value is -2.34. The highest BCUT2D eigenvalue weighted by Gasteiger charge is 2.44. The van der Waals surface area contributed by atoms with E-state index in [1.807, 2.05) is 54.8 Å². The zero-order valence-corrected chi connectivity index (χ0v) is 24.0. The molecule has 0 saturated carbocycles. The molecule has 1 N–H and O–H groups in total. The third-order valence-electron chi connectivity index (χ3n) is 7.74. The molecule has 2 saturated heterocycles. The molecule has 2 aliphatic rings.